The smallest absolute Gasteiger partial charge is 0.223 e. The van der Waals surface area contributed by atoms with Crippen LogP contribution in [0.2, 0.25) is 0 Å². The molecule has 6 nitrogen and oxygen atoms in total. The average Bonchev–Trinajstić information content (AvgIpc) is 3.23. The number of para-hydroxylation sites is 1. The SMILES string of the molecule is CC(=O)N1CCC(C(=O)NC[C@@H](c2ccc(N(C)C)cc2)c2c[nH]c3ccccc23)CC1. The lowest BCUT2D eigenvalue weighted by atomic mass is 9.90. The molecular formula is C26H32N4O2. The summed E-state index contributed by atoms with van der Waals surface area (Å²) in [5.74, 6) is 0.182. The number of H-pyrrole nitrogens is 1. The number of anilines is 1. The third-order valence-electron chi connectivity index (χ3n) is 6.60. The Morgan fingerprint density at radius 3 is 2.44 bits per heavy atom. The van der Waals surface area contributed by atoms with Gasteiger partial charge < -0.3 is 20.1 Å². The van der Waals surface area contributed by atoms with E-state index >= 15 is 0 Å². The Morgan fingerprint density at radius 2 is 1.78 bits per heavy atom. The number of rotatable bonds is 6. The van der Waals surface area contributed by atoms with E-state index in [1.807, 2.05) is 31.1 Å². The molecule has 2 aromatic carbocycles. The van der Waals surface area contributed by atoms with E-state index in [0.717, 1.165) is 24.0 Å². The van der Waals surface area contributed by atoms with Crippen molar-refractivity contribution in [1.29, 1.82) is 0 Å². The maximum absolute atomic E-state index is 13.0. The highest BCUT2D eigenvalue weighted by Gasteiger charge is 2.27. The first-order chi connectivity index (χ1) is 15.4. The molecule has 4 rings (SSSR count). The van der Waals surface area contributed by atoms with Crippen molar-refractivity contribution >= 4 is 28.4 Å². The fourth-order valence-electron chi connectivity index (χ4n) is 4.60. The van der Waals surface area contributed by atoms with Gasteiger partial charge in [0, 0.05) is 75.3 Å². The fraction of sp³-hybridized carbons (Fsp3) is 0.385. The fourth-order valence-corrected chi connectivity index (χ4v) is 4.60. The number of hydrogen-bond donors (Lipinski definition) is 2. The van der Waals surface area contributed by atoms with E-state index in [2.05, 4.69) is 57.8 Å². The Kier molecular flexibility index (Phi) is 6.49. The van der Waals surface area contributed by atoms with E-state index < -0.39 is 0 Å². The van der Waals surface area contributed by atoms with E-state index in [0.29, 0.717) is 19.6 Å². The van der Waals surface area contributed by atoms with Crippen molar-refractivity contribution in [2.45, 2.75) is 25.7 Å². The molecule has 32 heavy (non-hydrogen) atoms. The highest BCUT2D eigenvalue weighted by atomic mass is 16.2. The Balaban J connectivity index is 1.53. The van der Waals surface area contributed by atoms with Gasteiger partial charge in [-0.2, -0.15) is 0 Å². The second kappa shape index (κ2) is 9.47. The zero-order valence-corrected chi connectivity index (χ0v) is 19.1. The van der Waals surface area contributed by atoms with Gasteiger partial charge in [-0.05, 0) is 42.2 Å². The molecule has 2 heterocycles. The van der Waals surface area contributed by atoms with Crippen molar-refractivity contribution < 1.29 is 9.59 Å². The van der Waals surface area contributed by atoms with E-state index in [4.69, 9.17) is 0 Å². The minimum Gasteiger partial charge on any atom is -0.378 e. The summed E-state index contributed by atoms with van der Waals surface area (Å²) in [5.41, 5.74) is 4.60. The number of carbonyl (C=O) groups excluding carboxylic acids is 2. The molecule has 1 fully saturated rings. The van der Waals surface area contributed by atoms with Gasteiger partial charge in [0.05, 0.1) is 0 Å². The molecule has 1 aliphatic rings. The van der Waals surface area contributed by atoms with Crippen LogP contribution in [-0.2, 0) is 9.59 Å². The molecule has 3 aromatic rings. The summed E-state index contributed by atoms with van der Waals surface area (Å²) in [7, 11) is 4.06. The molecule has 1 aromatic heterocycles. The molecule has 1 atom stereocenters. The summed E-state index contributed by atoms with van der Waals surface area (Å²) in [6.07, 6.45) is 3.51. The largest absolute Gasteiger partial charge is 0.378 e. The first-order valence-electron chi connectivity index (χ1n) is 11.3. The molecule has 0 saturated carbocycles. The van der Waals surface area contributed by atoms with Gasteiger partial charge in [-0.3, -0.25) is 9.59 Å². The number of nitrogens with zero attached hydrogens (tertiary/aromatic N) is 2. The molecule has 0 radical (unpaired) electrons. The predicted octanol–water partition coefficient (Wildman–Crippen LogP) is 3.74. The number of carbonyl (C=O) groups is 2. The zero-order valence-electron chi connectivity index (χ0n) is 19.1. The van der Waals surface area contributed by atoms with E-state index in [1.165, 1.54) is 16.5 Å². The van der Waals surface area contributed by atoms with Crippen molar-refractivity contribution in [2.24, 2.45) is 5.92 Å². The molecule has 1 aliphatic heterocycles. The number of likely N-dealkylation sites (tertiary alicyclic amines) is 1. The van der Waals surface area contributed by atoms with Gasteiger partial charge in [0.2, 0.25) is 11.8 Å². The zero-order chi connectivity index (χ0) is 22.7. The summed E-state index contributed by atoms with van der Waals surface area (Å²) < 4.78 is 0. The molecular weight excluding hydrogens is 400 g/mol. The number of aromatic amines is 1. The molecule has 2 N–H and O–H groups in total. The van der Waals surface area contributed by atoms with E-state index in [-0.39, 0.29) is 23.7 Å². The molecule has 0 aliphatic carbocycles. The number of piperidine rings is 1. The Labute approximate surface area is 189 Å². The minimum atomic E-state index is -0.0367. The molecule has 168 valence electrons. The number of fused-ring (bicyclic) bond motifs is 1. The predicted molar refractivity (Wildman–Crippen MR) is 129 cm³/mol. The van der Waals surface area contributed by atoms with Crippen LogP contribution < -0.4 is 10.2 Å². The summed E-state index contributed by atoms with van der Waals surface area (Å²) in [4.78, 5) is 31.8. The molecule has 0 unspecified atom stereocenters. The normalized spacial score (nSPS) is 15.5. The minimum absolute atomic E-state index is 0.0367. The second-order valence-corrected chi connectivity index (χ2v) is 8.85. The van der Waals surface area contributed by atoms with Gasteiger partial charge in [-0.1, -0.05) is 30.3 Å². The quantitative estimate of drug-likeness (QED) is 0.624. The van der Waals surface area contributed by atoms with Crippen LogP contribution in [0.3, 0.4) is 0 Å². The van der Waals surface area contributed by atoms with Crippen LogP contribution in [-0.4, -0.2) is 55.4 Å². The van der Waals surface area contributed by atoms with Crippen LogP contribution in [0.5, 0.6) is 0 Å². The molecule has 0 spiro atoms. The number of hydrogen-bond acceptors (Lipinski definition) is 3. The number of nitrogens with one attached hydrogen (secondary N) is 2. The highest BCUT2D eigenvalue weighted by molar-refractivity contribution is 5.84. The maximum Gasteiger partial charge on any atom is 0.223 e. The van der Waals surface area contributed by atoms with Crippen molar-refractivity contribution in [1.82, 2.24) is 15.2 Å². The molecule has 0 bridgehead atoms. The first-order valence-corrected chi connectivity index (χ1v) is 11.3. The topological polar surface area (TPSA) is 68.4 Å². The lowest BCUT2D eigenvalue weighted by Gasteiger charge is -2.31. The van der Waals surface area contributed by atoms with Gasteiger partial charge >= 0.3 is 0 Å². The number of amides is 2. The monoisotopic (exact) mass is 432 g/mol. The van der Waals surface area contributed by atoms with Crippen LogP contribution in [0, 0.1) is 5.92 Å². The maximum atomic E-state index is 13.0. The average molecular weight is 433 g/mol. The van der Waals surface area contributed by atoms with Crippen molar-refractivity contribution in [3.05, 3.63) is 65.9 Å². The van der Waals surface area contributed by atoms with Gasteiger partial charge in [0.1, 0.15) is 0 Å². The summed E-state index contributed by atoms with van der Waals surface area (Å²) in [5, 5.41) is 4.40. The van der Waals surface area contributed by atoms with E-state index in [1.54, 1.807) is 6.92 Å². The summed E-state index contributed by atoms with van der Waals surface area (Å²) >= 11 is 0. The molecule has 1 saturated heterocycles. The van der Waals surface area contributed by atoms with Crippen LogP contribution in [0.15, 0.2) is 54.7 Å². The lowest BCUT2D eigenvalue weighted by molar-refractivity contribution is -0.133. The van der Waals surface area contributed by atoms with Crippen LogP contribution >= 0.6 is 0 Å². The first kappa shape index (κ1) is 21.9. The molecule has 6 heteroatoms. The third kappa shape index (κ3) is 4.64. The van der Waals surface area contributed by atoms with Gasteiger partial charge in [-0.15, -0.1) is 0 Å². The van der Waals surface area contributed by atoms with Gasteiger partial charge in [0.15, 0.2) is 0 Å². The lowest BCUT2D eigenvalue weighted by Crippen LogP contribution is -2.43. The second-order valence-electron chi connectivity index (χ2n) is 8.85. The standard InChI is InChI=1S/C26H32N4O2/c1-18(31)30-14-12-20(13-15-30)26(32)28-16-23(19-8-10-21(11-9-19)29(2)3)24-17-27-25-7-5-4-6-22(24)25/h4-11,17,20,23,27H,12-16H2,1-3H3,(H,28,32)/t23-/m0/s1. The number of aromatic nitrogens is 1. The van der Waals surface area contributed by atoms with Crippen LogP contribution in [0.1, 0.15) is 36.8 Å². The van der Waals surface area contributed by atoms with Gasteiger partial charge in [0.25, 0.3) is 0 Å². The van der Waals surface area contributed by atoms with Crippen LogP contribution in [0.25, 0.3) is 10.9 Å². The highest BCUT2D eigenvalue weighted by Crippen LogP contribution is 2.31. The van der Waals surface area contributed by atoms with Gasteiger partial charge in [-0.25, -0.2) is 0 Å². The summed E-state index contributed by atoms with van der Waals surface area (Å²) in [6.45, 7) is 3.44. The number of benzene rings is 2. The molecule has 2 amide bonds. The van der Waals surface area contributed by atoms with Crippen molar-refractivity contribution in [3.8, 4) is 0 Å². The van der Waals surface area contributed by atoms with Crippen molar-refractivity contribution in [2.75, 3.05) is 38.6 Å². The Hall–Kier alpha value is -3.28. The Bertz CT molecular complexity index is 1080. The summed E-state index contributed by atoms with van der Waals surface area (Å²) in [6, 6.07) is 16.8. The van der Waals surface area contributed by atoms with E-state index in [9.17, 15) is 9.59 Å². The van der Waals surface area contributed by atoms with Crippen LogP contribution in [0.4, 0.5) is 5.69 Å². The van der Waals surface area contributed by atoms with Crippen molar-refractivity contribution in [3.63, 3.8) is 0 Å². The Morgan fingerprint density at radius 1 is 1.09 bits per heavy atom. The third-order valence-corrected chi connectivity index (χ3v) is 6.60.